The third-order valence-corrected chi connectivity index (χ3v) is 6.71. The Kier molecular flexibility index (Phi) is 6.59. The molecule has 1 atom stereocenters. The Labute approximate surface area is 174 Å². The molecule has 2 aromatic rings. The number of pyridine rings is 1. The Morgan fingerprint density at radius 2 is 1.93 bits per heavy atom. The molecule has 1 aliphatic rings. The minimum absolute atomic E-state index is 0.248. The predicted molar refractivity (Wildman–Crippen MR) is 119 cm³/mol. The smallest absolute Gasteiger partial charge is 0.261 e. The molecule has 0 spiro atoms. The standard InChI is InChI=1S/C22H30N4O2S/c1-5-12-25-13-14-26(16-18(25)4)22-11-8-20(15-23-22)24-29(27,28)21-9-6-19(7-10-21)17(2)3/h5-11,15,17-18,24H,1,12-14,16H2,2-4H3/t18-/m0/s1. The first-order valence-corrected chi connectivity index (χ1v) is 11.5. The molecule has 0 aliphatic carbocycles. The lowest BCUT2D eigenvalue weighted by molar-refractivity contribution is 0.209. The van der Waals surface area contributed by atoms with Crippen LogP contribution in [-0.2, 0) is 10.0 Å². The van der Waals surface area contributed by atoms with E-state index in [0.29, 0.717) is 17.6 Å². The van der Waals surface area contributed by atoms with Crippen molar-refractivity contribution in [3.05, 3.63) is 60.8 Å². The van der Waals surface area contributed by atoms with E-state index in [0.717, 1.165) is 37.6 Å². The first kappa shape index (κ1) is 21.3. The summed E-state index contributed by atoms with van der Waals surface area (Å²) in [5.41, 5.74) is 1.57. The molecule has 0 bridgehead atoms. The first-order chi connectivity index (χ1) is 13.8. The maximum absolute atomic E-state index is 12.6. The van der Waals surface area contributed by atoms with E-state index in [9.17, 15) is 8.42 Å². The van der Waals surface area contributed by atoms with E-state index in [1.54, 1.807) is 24.4 Å². The number of anilines is 2. The van der Waals surface area contributed by atoms with E-state index in [2.05, 4.69) is 46.9 Å². The number of rotatable bonds is 7. The van der Waals surface area contributed by atoms with E-state index in [1.807, 2.05) is 24.3 Å². The molecule has 29 heavy (non-hydrogen) atoms. The second-order valence-corrected chi connectivity index (χ2v) is 9.50. The number of nitrogens with one attached hydrogen (secondary N) is 1. The van der Waals surface area contributed by atoms with Gasteiger partial charge in [-0.1, -0.05) is 32.1 Å². The highest BCUT2D eigenvalue weighted by atomic mass is 32.2. The summed E-state index contributed by atoms with van der Waals surface area (Å²) < 4.78 is 27.9. The van der Waals surface area contributed by atoms with Gasteiger partial charge < -0.3 is 4.90 Å². The normalized spacial score (nSPS) is 18.1. The van der Waals surface area contributed by atoms with Crippen LogP contribution in [0.25, 0.3) is 0 Å². The second kappa shape index (κ2) is 8.97. The van der Waals surface area contributed by atoms with Gasteiger partial charge in [0.1, 0.15) is 5.82 Å². The molecule has 3 rings (SSSR count). The van der Waals surface area contributed by atoms with Crippen LogP contribution < -0.4 is 9.62 Å². The van der Waals surface area contributed by atoms with Crippen LogP contribution in [0.1, 0.15) is 32.3 Å². The van der Waals surface area contributed by atoms with Crippen LogP contribution in [0.2, 0.25) is 0 Å². The maximum atomic E-state index is 12.6. The van der Waals surface area contributed by atoms with Crippen LogP contribution in [0.4, 0.5) is 11.5 Å². The minimum atomic E-state index is -3.64. The van der Waals surface area contributed by atoms with Gasteiger partial charge in [0.15, 0.2) is 0 Å². The lowest BCUT2D eigenvalue weighted by Gasteiger charge is -2.40. The van der Waals surface area contributed by atoms with Gasteiger partial charge in [0.05, 0.1) is 16.8 Å². The van der Waals surface area contributed by atoms with Gasteiger partial charge in [-0.3, -0.25) is 9.62 Å². The predicted octanol–water partition coefficient (Wildman–Crippen LogP) is 3.70. The van der Waals surface area contributed by atoms with Crippen LogP contribution in [0.5, 0.6) is 0 Å². The molecule has 1 fully saturated rings. The zero-order valence-electron chi connectivity index (χ0n) is 17.4. The molecule has 1 aromatic heterocycles. The summed E-state index contributed by atoms with van der Waals surface area (Å²) in [6.45, 7) is 13.8. The summed E-state index contributed by atoms with van der Waals surface area (Å²) in [5.74, 6) is 1.22. The zero-order chi connectivity index (χ0) is 21.0. The van der Waals surface area contributed by atoms with Gasteiger partial charge in [0.2, 0.25) is 0 Å². The van der Waals surface area contributed by atoms with Gasteiger partial charge >= 0.3 is 0 Å². The molecule has 0 amide bonds. The van der Waals surface area contributed by atoms with Crippen molar-refractivity contribution in [2.24, 2.45) is 0 Å². The van der Waals surface area contributed by atoms with Gasteiger partial charge in [-0.05, 0) is 42.7 Å². The lowest BCUT2D eigenvalue weighted by atomic mass is 10.0. The van der Waals surface area contributed by atoms with Crippen molar-refractivity contribution in [3.63, 3.8) is 0 Å². The van der Waals surface area contributed by atoms with Crippen molar-refractivity contribution in [1.29, 1.82) is 0 Å². The highest BCUT2D eigenvalue weighted by molar-refractivity contribution is 7.92. The van der Waals surface area contributed by atoms with E-state index < -0.39 is 10.0 Å². The van der Waals surface area contributed by atoms with Gasteiger partial charge in [0.25, 0.3) is 10.0 Å². The zero-order valence-corrected chi connectivity index (χ0v) is 18.2. The highest BCUT2D eigenvalue weighted by Gasteiger charge is 2.23. The first-order valence-electron chi connectivity index (χ1n) is 9.99. The lowest BCUT2D eigenvalue weighted by Crippen LogP contribution is -2.52. The Morgan fingerprint density at radius 1 is 1.21 bits per heavy atom. The molecule has 0 radical (unpaired) electrons. The Bertz CT molecular complexity index is 924. The average Bonchev–Trinajstić information content (AvgIpc) is 2.70. The summed E-state index contributed by atoms with van der Waals surface area (Å²) in [6, 6.07) is 11.0. The largest absolute Gasteiger partial charge is 0.354 e. The summed E-state index contributed by atoms with van der Waals surface area (Å²) in [5, 5.41) is 0. The Hall–Kier alpha value is -2.38. The van der Waals surface area contributed by atoms with Crippen LogP contribution in [-0.4, -0.2) is 50.5 Å². The number of hydrogen-bond donors (Lipinski definition) is 1. The number of benzene rings is 1. The van der Waals surface area contributed by atoms with Crippen LogP contribution in [0, 0.1) is 0 Å². The summed E-state index contributed by atoms with van der Waals surface area (Å²) in [7, 11) is -3.64. The van der Waals surface area contributed by atoms with Gasteiger partial charge in [0, 0.05) is 32.2 Å². The van der Waals surface area contributed by atoms with Gasteiger partial charge in [-0.2, -0.15) is 0 Å². The number of piperazine rings is 1. The molecular formula is C22H30N4O2S. The minimum Gasteiger partial charge on any atom is -0.354 e. The SMILES string of the molecule is C=CCN1CCN(c2ccc(NS(=O)(=O)c3ccc(C(C)C)cc3)cn2)C[C@@H]1C. The van der Waals surface area contributed by atoms with Crippen molar-refractivity contribution in [2.45, 2.75) is 37.6 Å². The molecule has 2 heterocycles. The molecule has 0 saturated carbocycles. The van der Waals surface area contributed by atoms with Crippen LogP contribution in [0.3, 0.4) is 0 Å². The number of sulfonamides is 1. The van der Waals surface area contributed by atoms with E-state index in [1.165, 1.54) is 0 Å². The Morgan fingerprint density at radius 3 is 2.48 bits per heavy atom. The fraction of sp³-hybridized carbons (Fsp3) is 0.409. The summed E-state index contributed by atoms with van der Waals surface area (Å²) in [4.78, 5) is 9.35. The molecule has 6 nitrogen and oxygen atoms in total. The van der Waals surface area contributed by atoms with Crippen molar-refractivity contribution >= 4 is 21.5 Å². The quantitative estimate of drug-likeness (QED) is 0.700. The summed E-state index contributed by atoms with van der Waals surface area (Å²) >= 11 is 0. The van der Waals surface area contributed by atoms with Gasteiger partial charge in [-0.15, -0.1) is 6.58 Å². The van der Waals surface area contributed by atoms with Crippen molar-refractivity contribution < 1.29 is 8.42 Å². The van der Waals surface area contributed by atoms with E-state index in [-0.39, 0.29) is 4.90 Å². The van der Waals surface area contributed by atoms with E-state index >= 15 is 0 Å². The molecule has 156 valence electrons. The molecule has 1 aromatic carbocycles. The number of nitrogens with zero attached hydrogens (tertiary/aromatic N) is 3. The topological polar surface area (TPSA) is 65.5 Å². The fourth-order valence-corrected chi connectivity index (χ4v) is 4.56. The van der Waals surface area contributed by atoms with Crippen LogP contribution >= 0.6 is 0 Å². The third-order valence-electron chi connectivity index (χ3n) is 5.31. The highest BCUT2D eigenvalue weighted by Crippen LogP contribution is 2.22. The van der Waals surface area contributed by atoms with Gasteiger partial charge in [-0.25, -0.2) is 13.4 Å². The second-order valence-electron chi connectivity index (χ2n) is 7.81. The fourth-order valence-electron chi connectivity index (χ4n) is 3.52. The molecule has 7 heteroatoms. The van der Waals surface area contributed by atoms with Crippen molar-refractivity contribution in [2.75, 3.05) is 35.8 Å². The molecule has 1 N–H and O–H groups in total. The van der Waals surface area contributed by atoms with Crippen molar-refractivity contribution in [1.82, 2.24) is 9.88 Å². The van der Waals surface area contributed by atoms with E-state index in [4.69, 9.17) is 0 Å². The Balaban J connectivity index is 1.66. The molecule has 0 unspecified atom stereocenters. The average molecular weight is 415 g/mol. The number of hydrogen-bond acceptors (Lipinski definition) is 5. The molecular weight excluding hydrogens is 384 g/mol. The maximum Gasteiger partial charge on any atom is 0.261 e. The summed E-state index contributed by atoms with van der Waals surface area (Å²) in [6.07, 6.45) is 3.51. The molecule has 1 saturated heterocycles. The van der Waals surface area contributed by atoms with Crippen molar-refractivity contribution in [3.8, 4) is 0 Å². The monoisotopic (exact) mass is 414 g/mol. The number of aromatic nitrogens is 1. The molecule has 1 aliphatic heterocycles. The third kappa shape index (κ3) is 5.16. The van der Waals surface area contributed by atoms with Crippen LogP contribution in [0.15, 0.2) is 60.1 Å².